The van der Waals surface area contributed by atoms with E-state index in [1.54, 1.807) is 31.2 Å². The number of aromatic nitrogens is 1. The fraction of sp³-hybridized carbons (Fsp3) is 0.348. The SMILES string of the molecule is CCOC(C)(Cc1ccc(CCCn2c(=O)oc3ccccc3c2=O)cc1)C(N)=O. The molecule has 0 saturated heterocycles. The number of ether oxygens (including phenoxy) is 1. The molecule has 0 spiro atoms. The number of amides is 1. The van der Waals surface area contributed by atoms with E-state index in [9.17, 15) is 14.4 Å². The van der Waals surface area contributed by atoms with E-state index in [0.717, 1.165) is 15.7 Å². The zero-order chi connectivity index (χ0) is 21.7. The van der Waals surface area contributed by atoms with Gasteiger partial charge in [-0.25, -0.2) is 9.36 Å². The number of primary amides is 1. The molecule has 2 aromatic carbocycles. The third-order valence-corrected chi connectivity index (χ3v) is 5.18. The van der Waals surface area contributed by atoms with Gasteiger partial charge >= 0.3 is 5.76 Å². The Labute approximate surface area is 174 Å². The first-order valence-corrected chi connectivity index (χ1v) is 9.98. The standard InChI is InChI=1S/C23H26N2O5/c1-3-29-23(2,21(24)27)15-17-12-10-16(11-13-17)7-6-14-25-20(26)18-8-4-5-9-19(18)30-22(25)28/h4-5,8-13H,3,6-7,14-15H2,1-2H3,(H2,24,27). The van der Waals surface area contributed by atoms with Gasteiger partial charge in [-0.1, -0.05) is 36.4 Å². The van der Waals surface area contributed by atoms with Gasteiger partial charge in [0.15, 0.2) is 0 Å². The zero-order valence-corrected chi connectivity index (χ0v) is 17.2. The summed E-state index contributed by atoms with van der Waals surface area (Å²) >= 11 is 0. The van der Waals surface area contributed by atoms with Gasteiger partial charge in [0.25, 0.3) is 5.56 Å². The van der Waals surface area contributed by atoms with Crippen LogP contribution in [0.2, 0.25) is 0 Å². The van der Waals surface area contributed by atoms with Gasteiger partial charge < -0.3 is 14.9 Å². The molecule has 2 N–H and O–H groups in total. The lowest BCUT2D eigenvalue weighted by Crippen LogP contribution is -2.45. The van der Waals surface area contributed by atoms with E-state index < -0.39 is 17.3 Å². The predicted octanol–water partition coefficient (Wildman–Crippen LogP) is 2.41. The van der Waals surface area contributed by atoms with Crippen LogP contribution in [0.15, 0.2) is 62.5 Å². The van der Waals surface area contributed by atoms with Crippen LogP contribution in [-0.2, 0) is 28.9 Å². The second-order valence-electron chi connectivity index (χ2n) is 7.45. The smallest absolute Gasteiger partial charge is 0.409 e. The number of hydrogen-bond acceptors (Lipinski definition) is 5. The van der Waals surface area contributed by atoms with Crippen molar-refractivity contribution in [1.29, 1.82) is 0 Å². The Morgan fingerprint density at radius 2 is 1.77 bits per heavy atom. The summed E-state index contributed by atoms with van der Waals surface area (Å²) < 4.78 is 11.9. The third kappa shape index (κ3) is 4.68. The second-order valence-corrected chi connectivity index (χ2v) is 7.45. The van der Waals surface area contributed by atoms with Crippen LogP contribution in [0.5, 0.6) is 0 Å². The van der Waals surface area contributed by atoms with Crippen molar-refractivity contribution in [3.05, 3.63) is 80.6 Å². The molecule has 1 amide bonds. The Morgan fingerprint density at radius 3 is 2.43 bits per heavy atom. The van der Waals surface area contributed by atoms with Crippen molar-refractivity contribution in [3.63, 3.8) is 0 Å². The van der Waals surface area contributed by atoms with Gasteiger partial charge in [0, 0.05) is 19.6 Å². The maximum Gasteiger partial charge on any atom is 0.422 e. The van der Waals surface area contributed by atoms with Crippen molar-refractivity contribution >= 4 is 16.9 Å². The Hall–Kier alpha value is -3.19. The normalized spacial score (nSPS) is 13.3. The summed E-state index contributed by atoms with van der Waals surface area (Å²) in [6, 6.07) is 14.5. The molecule has 0 aliphatic carbocycles. The van der Waals surface area contributed by atoms with Gasteiger partial charge in [-0.05, 0) is 49.9 Å². The van der Waals surface area contributed by atoms with Crippen LogP contribution in [0, 0.1) is 0 Å². The van der Waals surface area contributed by atoms with Gasteiger partial charge in [-0.15, -0.1) is 0 Å². The van der Waals surface area contributed by atoms with Crippen molar-refractivity contribution in [2.75, 3.05) is 6.61 Å². The molecule has 0 radical (unpaired) electrons. The summed E-state index contributed by atoms with van der Waals surface area (Å²) in [4.78, 5) is 36.4. The molecule has 0 fully saturated rings. The minimum atomic E-state index is -1.04. The molecular weight excluding hydrogens is 384 g/mol. The topological polar surface area (TPSA) is 105 Å². The number of carbonyl (C=O) groups excluding carboxylic acids is 1. The molecular formula is C23H26N2O5. The first-order chi connectivity index (χ1) is 14.3. The molecule has 3 aromatic rings. The van der Waals surface area contributed by atoms with E-state index in [-0.39, 0.29) is 12.1 Å². The molecule has 7 heteroatoms. The fourth-order valence-electron chi connectivity index (χ4n) is 3.49. The Balaban J connectivity index is 1.65. The first-order valence-electron chi connectivity index (χ1n) is 9.98. The molecule has 3 rings (SSSR count). The average Bonchev–Trinajstić information content (AvgIpc) is 2.72. The maximum absolute atomic E-state index is 12.5. The van der Waals surface area contributed by atoms with Gasteiger partial charge in [0.1, 0.15) is 11.2 Å². The number of carbonyl (C=O) groups is 1. The van der Waals surface area contributed by atoms with Crippen molar-refractivity contribution in [1.82, 2.24) is 4.57 Å². The summed E-state index contributed by atoms with van der Waals surface area (Å²) in [5.74, 6) is -1.14. The Morgan fingerprint density at radius 1 is 1.10 bits per heavy atom. The summed E-state index contributed by atoms with van der Waals surface area (Å²) in [5.41, 5.74) is 6.42. The predicted molar refractivity (Wildman–Crippen MR) is 114 cm³/mol. The van der Waals surface area contributed by atoms with Crippen molar-refractivity contribution < 1.29 is 13.9 Å². The highest BCUT2D eigenvalue weighted by Crippen LogP contribution is 2.18. The van der Waals surface area contributed by atoms with E-state index in [1.165, 1.54) is 0 Å². The molecule has 30 heavy (non-hydrogen) atoms. The first kappa shape index (κ1) is 21.5. The highest BCUT2D eigenvalue weighted by atomic mass is 16.5. The molecule has 158 valence electrons. The number of rotatable bonds is 9. The van der Waals surface area contributed by atoms with Crippen LogP contribution in [0.4, 0.5) is 0 Å². The quantitative estimate of drug-likeness (QED) is 0.583. The van der Waals surface area contributed by atoms with Crippen LogP contribution in [0.1, 0.15) is 31.4 Å². The third-order valence-electron chi connectivity index (χ3n) is 5.18. The van der Waals surface area contributed by atoms with E-state index in [0.29, 0.717) is 36.8 Å². The highest BCUT2D eigenvalue weighted by Gasteiger charge is 2.31. The maximum atomic E-state index is 12.5. The molecule has 1 heterocycles. The number of nitrogens with zero attached hydrogens (tertiary/aromatic N) is 1. The highest BCUT2D eigenvalue weighted by molar-refractivity contribution is 5.83. The molecule has 7 nitrogen and oxygen atoms in total. The van der Waals surface area contributed by atoms with Crippen molar-refractivity contribution in [2.24, 2.45) is 5.73 Å². The minimum Gasteiger partial charge on any atom is -0.409 e. The lowest BCUT2D eigenvalue weighted by Gasteiger charge is -2.26. The van der Waals surface area contributed by atoms with Gasteiger partial charge in [0.2, 0.25) is 5.91 Å². The van der Waals surface area contributed by atoms with Crippen LogP contribution in [0.3, 0.4) is 0 Å². The molecule has 0 saturated carbocycles. The van der Waals surface area contributed by atoms with Crippen LogP contribution >= 0.6 is 0 Å². The summed E-state index contributed by atoms with van der Waals surface area (Å²) in [6.07, 6.45) is 1.70. The summed E-state index contributed by atoms with van der Waals surface area (Å²) in [5, 5.41) is 0.397. The molecule has 0 aliphatic heterocycles. The van der Waals surface area contributed by atoms with E-state index in [1.807, 2.05) is 31.2 Å². The largest absolute Gasteiger partial charge is 0.422 e. The van der Waals surface area contributed by atoms with Gasteiger partial charge in [-0.2, -0.15) is 0 Å². The molecule has 0 bridgehead atoms. The number of nitrogens with two attached hydrogens (primary N) is 1. The number of aryl methyl sites for hydroxylation is 1. The number of para-hydroxylation sites is 1. The average molecular weight is 410 g/mol. The molecule has 1 atom stereocenters. The zero-order valence-electron chi connectivity index (χ0n) is 17.2. The lowest BCUT2D eigenvalue weighted by molar-refractivity contribution is -0.140. The van der Waals surface area contributed by atoms with Gasteiger partial charge in [0.05, 0.1) is 5.39 Å². The number of hydrogen-bond donors (Lipinski definition) is 1. The summed E-state index contributed by atoms with van der Waals surface area (Å²) in [7, 11) is 0. The van der Waals surface area contributed by atoms with Crippen LogP contribution in [0.25, 0.3) is 11.0 Å². The Kier molecular flexibility index (Phi) is 6.52. The summed E-state index contributed by atoms with van der Waals surface area (Å²) in [6.45, 7) is 4.20. The lowest BCUT2D eigenvalue weighted by atomic mass is 9.94. The van der Waals surface area contributed by atoms with Crippen LogP contribution < -0.4 is 17.0 Å². The second kappa shape index (κ2) is 9.09. The molecule has 0 aliphatic rings. The van der Waals surface area contributed by atoms with E-state index in [2.05, 4.69) is 0 Å². The Bertz CT molecular complexity index is 1150. The molecule has 1 unspecified atom stereocenters. The molecule has 1 aromatic heterocycles. The monoisotopic (exact) mass is 410 g/mol. The van der Waals surface area contributed by atoms with Gasteiger partial charge in [-0.3, -0.25) is 9.59 Å². The fourth-order valence-corrected chi connectivity index (χ4v) is 3.49. The van der Waals surface area contributed by atoms with E-state index >= 15 is 0 Å². The van der Waals surface area contributed by atoms with Crippen molar-refractivity contribution in [2.45, 2.75) is 45.3 Å². The number of fused-ring (bicyclic) bond motifs is 1. The minimum absolute atomic E-state index is 0.276. The van der Waals surface area contributed by atoms with E-state index in [4.69, 9.17) is 14.9 Å². The number of benzene rings is 2. The van der Waals surface area contributed by atoms with Crippen molar-refractivity contribution in [3.8, 4) is 0 Å². The van der Waals surface area contributed by atoms with Crippen LogP contribution in [-0.4, -0.2) is 22.7 Å².